The Morgan fingerprint density at radius 2 is 0.710 bits per heavy atom. The van der Waals surface area contributed by atoms with Gasteiger partial charge in [-0.3, -0.25) is 0 Å². The van der Waals surface area contributed by atoms with Crippen molar-refractivity contribution in [1.82, 2.24) is 9.80 Å². The molecule has 2 fully saturated rings. The van der Waals surface area contributed by atoms with Crippen molar-refractivity contribution >= 4 is 0 Å². The Bertz CT molecular complexity index is 628. The van der Waals surface area contributed by atoms with Crippen LogP contribution in [-0.4, -0.2) is 72.0 Å². The third-order valence-corrected chi connectivity index (χ3v) is 3.75. The zero-order valence-electron chi connectivity index (χ0n) is 14.5. The topological polar surface area (TPSA) is 24.9 Å². The molecule has 0 aromatic heterocycles. The van der Waals surface area contributed by atoms with Gasteiger partial charge in [0, 0.05) is 6.54 Å². The van der Waals surface area contributed by atoms with Gasteiger partial charge in [-0.1, -0.05) is 6.92 Å². The lowest BCUT2D eigenvalue weighted by molar-refractivity contribution is -0.562. The molecule has 31 heavy (non-hydrogen) atoms. The van der Waals surface area contributed by atoms with E-state index >= 15 is 0 Å². The first kappa shape index (κ1) is 27.8. The van der Waals surface area contributed by atoms with Gasteiger partial charge in [-0.25, -0.2) is 9.47 Å². The second-order valence-corrected chi connectivity index (χ2v) is 5.74. The smallest absolute Gasteiger partial charge is 0.243 e. The molecule has 2 aliphatic rings. The second-order valence-electron chi connectivity index (χ2n) is 5.74. The fourth-order valence-corrected chi connectivity index (χ4v) is 2.02. The first-order valence-electron chi connectivity index (χ1n) is 7.21. The number of alkyl halides is 16. The highest BCUT2D eigenvalue weighted by Crippen LogP contribution is 2.56. The van der Waals surface area contributed by atoms with Crippen molar-refractivity contribution in [2.45, 2.75) is 55.5 Å². The zero-order valence-corrected chi connectivity index (χ0v) is 14.5. The third-order valence-electron chi connectivity index (χ3n) is 3.75. The molecule has 0 spiro atoms. The summed E-state index contributed by atoms with van der Waals surface area (Å²) < 4.78 is 204. The van der Waals surface area contributed by atoms with Crippen molar-refractivity contribution in [3.05, 3.63) is 0 Å². The summed E-state index contributed by atoms with van der Waals surface area (Å²) in [6, 6.07) is -22.1. The number of hydrogen-bond donors (Lipinski definition) is 0. The standard InChI is InChI=1S/C6H5F8NO.C5H3F8NO/c1-2-15-3(7,8)5(11,12)16-6(13,14)4(15,9)10;1-14-2(6,7)4(10,11)15-5(12,13)3(14,8)9/h2H2,1H3;1H3. The van der Waals surface area contributed by atoms with E-state index in [0.717, 1.165) is 0 Å². The van der Waals surface area contributed by atoms with E-state index in [9.17, 15) is 70.2 Å². The minimum absolute atomic E-state index is 0.260. The molecule has 0 radical (unpaired) electrons. The van der Waals surface area contributed by atoms with Crippen LogP contribution in [0.1, 0.15) is 6.92 Å². The molecule has 0 aromatic rings. The van der Waals surface area contributed by atoms with Crippen LogP contribution in [0.15, 0.2) is 0 Å². The van der Waals surface area contributed by atoms with Crippen molar-refractivity contribution in [3.63, 3.8) is 0 Å². The van der Waals surface area contributed by atoms with Crippen LogP contribution in [0.5, 0.6) is 0 Å². The maximum atomic E-state index is 12.7. The number of halogens is 16. The van der Waals surface area contributed by atoms with Crippen molar-refractivity contribution < 1.29 is 79.7 Å². The first-order chi connectivity index (χ1) is 13.3. The highest BCUT2D eigenvalue weighted by molar-refractivity contribution is 4.94. The number of nitrogens with zero attached hydrogens (tertiary/aromatic N) is 2. The molecule has 0 unspecified atom stereocenters. The van der Waals surface area contributed by atoms with Crippen molar-refractivity contribution in [2.24, 2.45) is 0 Å². The molecular weight excluding hydrogens is 496 g/mol. The fraction of sp³-hybridized carbons (Fsp3) is 1.00. The first-order valence-corrected chi connectivity index (χ1v) is 7.21. The summed E-state index contributed by atoms with van der Waals surface area (Å²) in [4.78, 5) is -3.31. The molecule has 0 bridgehead atoms. The van der Waals surface area contributed by atoms with E-state index in [4.69, 9.17) is 0 Å². The predicted octanol–water partition coefficient (Wildman–Crippen LogP) is 5.03. The summed E-state index contributed by atoms with van der Waals surface area (Å²) in [5, 5.41) is 0. The van der Waals surface area contributed by atoms with E-state index in [1.54, 1.807) is 0 Å². The molecule has 2 heterocycles. The van der Waals surface area contributed by atoms with Crippen LogP contribution in [0.25, 0.3) is 0 Å². The maximum absolute atomic E-state index is 12.7. The van der Waals surface area contributed by atoms with E-state index in [1.807, 2.05) is 0 Å². The monoisotopic (exact) mass is 504 g/mol. The Labute approximate surface area is 160 Å². The lowest BCUT2D eigenvalue weighted by Gasteiger charge is -2.46. The summed E-state index contributed by atoms with van der Waals surface area (Å²) in [6.07, 6.45) is -22.8. The predicted molar refractivity (Wildman–Crippen MR) is 61.9 cm³/mol. The van der Waals surface area contributed by atoms with Gasteiger partial charge in [0.15, 0.2) is 0 Å². The molecule has 4 nitrogen and oxygen atoms in total. The Morgan fingerprint density at radius 3 is 0.935 bits per heavy atom. The van der Waals surface area contributed by atoms with E-state index < -0.39 is 65.0 Å². The van der Waals surface area contributed by atoms with E-state index in [0.29, 0.717) is 6.92 Å². The van der Waals surface area contributed by atoms with Crippen molar-refractivity contribution in [1.29, 1.82) is 0 Å². The molecule has 20 heteroatoms. The molecule has 0 aliphatic carbocycles. The molecule has 0 atom stereocenters. The Balaban J connectivity index is 0.000000311. The SMILES string of the molecule is CCN1C(F)(F)C(F)(F)OC(F)(F)C1(F)F.CN1C(F)(F)C(F)(F)OC(F)(F)C1(F)F. The lowest BCUT2D eigenvalue weighted by atomic mass is 10.3. The van der Waals surface area contributed by atoms with Crippen LogP contribution in [-0.2, 0) is 9.47 Å². The normalized spacial score (nSPS) is 31.9. The van der Waals surface area contributed by atoms with Crippen LogP contribution in [0.4, 0.5) is 70.2 Å². The fourth-order valence-electron chi connectivity index (χ4n) is 2.02. The molecule has 0 amide bonds. The Hall–Kier alpha value is -1.28. The second kappa shape index (κ2) is 7.11. The van der Waals surface area contributed by atoms with Crippen LogP contribution in [0, 0.1) is 0 Å². The van der Waals surface area contributed by atoms with E-state index in [2.05, 4.69) is 9.47 Å². The number of rotatable bonds is 1. The van der Waals surface area contributed by atoms with Crippen LogP contribution in [0.3, 0.4) is 0 Å². The minimum Gasteiger partial charge on any atom is -0.243 e. The number of hydrogen-bond acceptors (Lipinski definition) is 4. The van der Waals surface area contributed by atoms with Gasteiger partial charge in [0.1, 0.15) is 0 Å². The highest BCUT2D eigenvalue weighted by Gasteiger charge is 2.83. The molecule has 0 saturated carbocycles. The van der Waals surface area contributed by atoms with Crippen LogP contribution in [0.2, 0.25) is 0 Å². The molecule has 2 saturated heterocycles. The maximum Gasteiger partial charge on any atom is 0.439 e. The highest BCUT2D eigenvalue weighted by atomic mass is 19.4. The number of morpholine rings is 2. The van der Waals surface area contributed by atoms with Crippen LogP contribution >= 0.6 is 0 Å². The average molecular weight is 504 g/mol. The molecule has 0 aromatic carbocycles. The third kappa shape index (κ3) is 3.88. The molecular formula is C11H8F16N2O2. The van der Waals surface area contributed by atoms with Gasteiger partial charge in [0.25, 0.3) is 0 Å². The number of likely N-dealkylation sites (N-methyl/N-ethyl adjacent to an activating group) is 2. The molecule has 186 valence electrons. The largest absolute Gasteiger partial charge is 0.439 e. The average Bonchev–Trinajstić information content (AvgIpc) is 2.50. The van der Waals surface area contributed by atoms with Crippen molar-refractivity contribution in [3.8, 4) is 0 Å². The quantitative estimate of drug-likeness (QED) is 0.370. The summed E-state index contributed by atoms with van der Waals surface area (Å²) in [6.45, 7) is -0.798. The Kier molecular flexibility index (Phi) is 6.36. The van der Waals surface area contributed by atoms with Gasteiger partial charge in [-0.05, 0) is 7.05 Å². The van der Waals surface area contributed by atoms with Gasteiger partial charge in [0.05, 0.1) is 0 Å². The molecule has 0 N–H and O–H groups in total. The van der Waals surface area contributed by atoms with Gasteiger partial charge < -0.3 is 0 Å². The minimum atomic E-state index is -5.70. The molecule has 2 rings (SSSR count). The van der Waals surface area contributed by atoms with Gasteiger partial charge in [-0.2, -0.15) is 80.0 Å². The van der Waals surface area contributed by atoms with Gasteiger partial charge >= 0.3 is 48.6 Å². The van der Waals surface area contributed by atoms with Gasteiger partial charge in [-0.15, -0.1) is 0 Å². The summed E-state index contributed by atoms with van der Waals surface area (Å²) >= 11 is 0. The van der Waals surface area contributed by atoms with Crippen molar-refractivity contribution in [2.75, 3.05) is 13.6 Å². The number of ether oxygens (including phenoxy) is 2. The van der Waals surface area contributed by atoms with Gasteiger partial charge in [0.2, 0.25) is 0 Å². The molecule has 2 aliphatic heterocycles. The summed E-state index contributed by atoms with van der Waals surface area (Å²) in [5.41, 5.74) is 0. The summed E-state index contributed by atoms with van der Waals surface area (Å²) in [5.74, 6) is 0. The van der Waals surface area contributed by atoms with E-state index in [-0.39, 0.29) is 7.05 Å². The summed E-state index contributed by atoms with van der Waals surface area (Å²) in [7, 11) is -0.260. The zero-order chi connectivity index (χ0) is 25.3. The lowest BCUT2D eigenvalue weighted by Crippen LogP contribution is -2.73. The Morgan fingerprint density at radius 1 is 0.484 bits per heavy atom. The van der Waals surface area contributed by atoms with E-state index in [1.165, 1.54) is 0 Å². The van der Waals surface area contributed by atoms with Crippen LogP contribution < -0.4 is 0 Å².